The Morgan fingerprint density at radius 2 is 1.05 bits per heavy atom. The fourth-order valence-corrected chi connectivity index (χ4v) is 4.11. The molecule has 0 heterocycles. The lowest BCUT2D eigenvalue weighted by Crippen LogP contribution is -2.17. The van der Waals surface area contributed by atoms with E-state index < -0.39 is 11.8 Å². The predicted molar refractivity (Wildman–Crippen MR) is 176 cm³/mol. The number of ether oxygens (including phenoxy) is 2. The van der Waals surface area contributed by atoms with E-state index in [1.807, 2.05) is 24.3 Å². The van der Waals surface area contributed by atoms with Crippen LogP contribution < -0.4 is 20.3 Å². The van der Waals surface area contributed by atoms with Crippen molar-refractivity contribution in [3.8, 4) is 23.0 Å². The Hall–Kier alpha value is -4.72. The smallest absolute Gasteiger partial charge is 0.271 e. The van der Waals surface area contributed by atoms with Crippen LogP contribution in [0.15, 0.2) is 104 Å². The average Bonchev–Trinajstić information content (AvgIpc) is 3.02. The van der Waals surface area contributed by atoms with Gasteiger partial charge in [0.05, 0.1) is 26.6 Å². The van der Waals surface area contributed by atoms with Gasteiger partial charge in [0, 0.05) is 38.3 Å². The minimum atomic E-state index is -0.406. The number of methoxy groups -OCH3 is 2. The van der Waals surface area contributed by atoms with Gasteiger partial charge in [0.1, 0.15) is 23.0 Å². The van der Waals surface area contributed by atoms with Gasteiger partial charge in [-0.05, 0) is 72.8 Å². The molecule has 0 fully saturated rings. The van der Waals surface area contributed by atoms with Crippen molar-refractivity contribution in [1.82, 2.24) is 10.9 Å². The van der Waals surface area contributed by atoms with Gasteiger partial charge in [-0.1, -0.05) is 44.0 Å². The molecule has 0 saturated heterocycles. The highest BCUT2D eigenvalue weighted by Crippen LogP contribution is 2.22. The number of halogens is 2. The van der Waals surface area contributed by atoms with Crippen LogP contribution in [0.4, 0.5) is 0 Å². The normalized spacial score (nSPS) is 10.2. The van der Waals surface area contributed by atoms with Gasteiger partial charge in [0.15, 0.2) is 0 Å². The highest BCUT2D eigenvalue weighted by atomic mass is 79.9. The molecule has 0 atom stereocenters. The van der Waals surface area contributed by atoms with Gasteiger partial charge in [-0.25, -0.2) is 10.9 Å². The number of amides is 2. The van der Waals surface area contributed by atoms with E-state index in [1.54, 1.807) is 50.6 Å². The molecule has 0 radical (unpaired) electrons. The molecule has 0 unspecified atom stereocenters. The fourth-order valence-electron chi connectivity index (χ4n) is 3.36. The molecule has 0 aromatic heterocycles. The Morgan fingerprint density at radius 3 is 1.39 bits per heavy atom. The second-order valence-electron chi connectivity index (χ2n) is 8.27. The van der Waals surface area contributed by atoms with E-state index in [0.717, 1.165) is 27.2 Å². The maximum Gasteiger partial charge on any atom is 0.271 e. The van der Waals surface area contributed by atoms with Crippen LogP contribution in [0.2, 0.25) is 0 Å². The summed E-state index contributed by atoms with van der Waals surface area (Å²) in [6.45, 7) is 0. The van der Waals surface area contributed by atoms with Crippen molar-refractivity contribution < 1.29 is 34.4 Å². The molecule has 13 heteroatoms. The van der Waals surface area contributed by atoms with Crippen molar-refractivity contribution in [3.05, 3.63) is 116 Å². The Bertz CT molecular complexity index is 1490. The van der Waals surface area contributed by atoms with Crippen LogP contribution in [0.5, 0.6) is 23.0 Å². The number of aromatic hydroxyl groups is 2. The number of nitrogens with zero attached hydrogens (tertiary/aromatic N) is 2. The number of aliphatic hydroxyl groups is 1. The summed E-state index contributed by atoms with van der Waals surface area (Å²) in [7, 11) is 4.12. The van der Waals surface area contributed by atoms with Crippen molar-refractivity contribution in [3.63, 3.8) is 0 Å². The zero-order chi connectivity index (χ0) is 32.5. The summed E-state index contributed by atoms with van der Waals surface area (Å²) in [6.07, 6.45) is 2.98. The van der Waals surface area contributed by atoms with Crippen LogP contribution in [0.1, 0.15) is 31.8 Å². The number of rotatable bonds is 8. The molecule has 0 spiro atoms. The highest BCUT2D eigenvalue weighted by Gasteiger charge is 2.07. The molecule has 230 valence electrons. The van der Waals surface area contributed by atoms with E-state index >= 15 is 0 Å². The summed E-state index contributed by atoms with van der Waals surface area (Å²) in [6, 6.07) is 23.0. The monoisotopic (exact) mass is 728 g/mol. The van der Waals surface area contributed by atoms with Crippen LogP contribution in [-0.2, 0) is 0 Å². The van der Waals surface area contributed by atoms with Gasteiger partial charge in [-0.2, -0.15) is 10.2 Å². The maximum atomic E-state index is 11.8. The number of hydrogen-bond donors (Lipinski definition) is 5. The van der Waals surface area contributed by atoms with Crippen molar-refractivity contribution in [2.24, 2.45) is 10.2 Å². The first-order valence-corrected chi connectivity index (χ1v) is 14.2. The van der Waals surface area contributed by atoms with Gasteiger partial charge in [-0.3, -0.25) is 9.59 Å². The summed E-state index contributed by atoms with van der Waals surface area (Å²) in [4.78, 5) is 23.7. The van der Waals surface area contributed by atoms with Crippen molar-refractivity contribution >= 4 is 56.1 Å². The molecule has 0 bridgehead atoms. The quantitative estimate of drug-likeness (QED) is 0.119. The molecule has 0 saturated carbocycles. The van der Waals surface area contributed by atoms with Crippen molar-refractivity contribution in [2.75, 3.05) is 21.3 Å². The first-order chi connectivity index (χ1) is 21.2. The number of hydrazone groups is 2. The zero-order valence-electron chi connectivity index (χ0n) is 23.9. The minimum Gasteiger partial charge on any atom is -0.508 e. The van der Waals surface area contributed by atoms with Crippen LogP contribution in [0.25, 0.3) is 0 Å². The van der Waals surface area contributed by atoms with Crippen molar-refractivity contribution in [2.45, 2.75) is 0 Å². The van der Waals surface area contributed by atoms with E-state index in [0.29, 0.717) is 22.6 Å². The summed E-state index contributed by atoms with van der Waals surface area (Å²) in [5, 5.41) is 33.4. The minimum absolute atomic E-state index is 0.0280. The molecule has 5 N–H and O–H groups in total. The van der Waals surface area contributed by atoms with Crippen LogP contribution in [0.3, 0.4) is 0 Å². The molecule has 0 aliphatic heterocycles. The lowest BCUT2D eigenvalue weighted by Gasteiger charge is -2.04. The van der Waals surface area contributed by atoms with Gasteiger partial charge in [-0.15, -0.1) is 0 Å². The number of phenolic OH excluding ortho intramolecular Hbond substituents is 2. The second-order valence-corrected chi connectivity index (χ2v) is 10.1. The summed E-state index contributed by atoms with van der Waals surface area (Å²) < 4.78 is 12.2. The predicted octanol–water partition coefficient (Wildman–Crippen LogP) is 5.46. The number of hydrogen-bond acceptors (Lipinski definition) is 9. The summed E-state index contributed by atoms with van der Waals surface area (Å²) >= 11 is 6.72. The molecule has 0 aliphatic carbocycles. The highest BCUT2D eigenvalue weighted by molar-refractivity contribution is 9.10. The number of carbonyl (C=O) groups excluding carboxylic acids is 2. The van der Waals surface area contributed by atoms with Gasteiger partial charge in [0.25, 0.3) is 11.8 Å². The molecule has 4 aromatic carbocycles. The first kappa shape index (κ1) is 35.5. The van der Waals surface area contributed by atoms with E-state index in [9.17, 15) is 19.8 Å². The molecule has 4 aromatic rings. The standard InChI is InChI=1S/2C15H13BrN2O3.CH4O/c2*1-21-14-6-5-12(16)7-11(14)9-17-18-15(20)10-3-2-4-13(19)8-10;1-2/h2*2-9,19H,1H3,(H,18,20);2H,1H3/b2*17-9+;. The third kappa shape index (κ3) is 11.5. The second kappa shape index (κ2) is 18.7. The van der Waals surface area contributed by atoms with Gasteiger partial charge >= 0.3 is 0 Å². The van der Waals surface area contributed by atoms with E-state index in [2.05, 4.69) is 52.9 Å². The van der Waals surface area contributed by atoms with Crippen molar-refractivity contribution in [1.29, 1.82) is 0 Å². The number of phenols is 2. The average molecular weight is 730 g/mol. The Balaban J connectivity index is 0.000000291. The molecule has 0 aliphatic rings. The first-order valence-electron chi connectivity index (χ1n) is 12.6. The van der Waals surface area contributed by atoms with E-state index in [1.165, 1.54) is 36.7 Å². The Morgan fingerprint density at radius 1 is 0.659 bits per heavy atom. The third-order valence-corrected chi connectivity index (χ3v) is 6.33. The van der Waals surface area contributed by atoms with Crippen LogP contribution in [0, 0.1) is 0 Å². The van der Waals surface area contributed by atoms with E-state index in [4.69, 9.17) is 14.6 Å². The van der Waals surface area contributed by atoms with Crippen LogP contribution >= 0.6 is 31.9 Å². The number of nitrogens with one attached hydrogen (secondary N) is 2. The number of carbonyl (C=O) groups is 2. The maximum absolute atomic E-state index is 11.8. The number of aliphatic hydroxyl groups excluding tert-OH is 1. The lowest BCUT2D eigenvalue weighted by molar-refractivity contribution is 0.0947. The SMILES string of the molecule is CO.COc1ccc(Br)cc1/C=N/NC(=O)c1cccc(O)c1.COc1ccc(Br)cc1/C=N/NC(=O)c1cccc(O)c1. The largest absolute Gasteiger partial charge is 0.508 e. The summed E-state index contributed by atoms with van der Waals surface area (Å²) in [5.74, 6) is 0.537. The third-order valence-electron chi connectivity index (χ3n) is 5.34. The topological polar surface area (TPSA) is 162 Å². The Kier molecular flexibility index (Phi) is 15.1. The lowest BCUT2D eigenvalue weighted by atomic mass is 10.2. The van der Waals surface area contributed by atoms with Gasteiger partial charge < -0.3 is 24.8 Å². The molecular weight excluding hydrogens is 700 g/mol. The van der Waals surface area contributed by atoms with Gasteiger partial charge in [0.2, 0.25) is 0 Å². The fraction of sp³-hybridized carbons (Fsp3) is 0.0968. The molecule has 4 rings (SSSR count). The zero-order valence-corrected chi connectivity index (χ0v) is 27.0. The number of benzene rings is 4. The molecular formula is C31H30Br2N4O7. The summed E-state index contributed by atoms with van der Waals surface area (Å²) in [5.41, 5.74) is 6.89. The van der Waals surface area contributed by atoms with Crippen LogP contribution in [-0.4, -0.2) is 60.9 Å². The van der Waals surface area contributed by atoms with E-state index in [-0.39, 0.29) is 11.5 Å². The Labute approximate surface area is 271 Å². The molecule has 11 nitrogen and oxygen atoms in total. The molecule has 2 amide bonds. The molecule has 44 heavy (non-hydrogen) atoms.